The van der Waals surface area contributed by atoms with Crippen LogP contribution in [0.25, 0.3) is 0 Å². The van der Waals surface area contributed by atoms with Gasteiger partial charge in [0.05, 0.1) is 4.92 Å². The highest BCUT2D eigenvalue weighted by atomic mass is 16.6. The van der Waals surface area contributed by atoms with E-state index in [4.69, 9.17) is 0 Å². The summed E-state index contributed by atoms with van der Waals surface area (Å²) in [6.45, 7) is 8.64. The van der Waals surface area contributed by atoms with E-state index in [1.807, 2.05) is 6.07 Å². The molecule has 1 aromatic rings. The van der Waals surface area contributed by atoms with Gasteiger partial charge in [-0.2, -0.15) is 0 Å². The standard InChI is InChI=1S/C15H21N3O2/c1-15(2)14-8-16-7-12(14)10-17(15)9-11-4-3-5-13(6-11)18(19)20/h3-6,12,14,16H,7-10H2,1-2H3. The molecule has 0 bridgehead atoms. The van der Waals surface area contributed by atoms with Gasteiger partial charge in [0.2, 0.25) is 0 Å². The van der Waals surface area contributed by atoms with E-state index in [1.54, 1.807) is 18.2 Å². The number of hydrogen-bond acceptors (Lipinski definition) is 4. The minimum absolute atomic E-state index is 0.152. The van der Waals surface area contributed by atoms with Crippen molar-refractivity contribution >= 4 is 5.69 Å². The van der Waals surface area contributed by atoms with Crippen molar-refractivity contribution < 1.29 is 4.92 Å². The van der Waals surface area contributed by atoms with Crippen molar-refractivity contribution in [2.75, 3.05) is 19.6 Å². The van der Waals surface area contributed by atoms with Crippen LogP contribution in [0.2, 0.25) is 0 Å². The first-order valence-corrected chi connectivity index (χ1v) is 7.17. The highest BCUT2D eigenvalue weighted by Crippen LogP contribution is 2.41. The Morgan fingerprint density at radius 3 is 2.95 bits per heavy atom. The molecule has 0 saturated carbocycles. The largest absolute Gasteiger partial charge is 0.316 e. The fourth-order valence-electron chi connectivity index (χ4n) is 3.76. The normalized spacial score (nSPS) is 28.5. The molecule has 1 N–H and O–H groups in total. The van der Waals surface area contributed by atoms with Crippen molar-refractivity contribution in [3.05, 3.63) is 39.9 Å². The number of likely N-dealkylation sites (tertiary alicyclic amines) is 1. The molecule has 2 unspecified atom stereocenters. The van der Waals surface area contributed by atoms with E-state index in [0.717, 1.165) is 31.7 Å². The summed E-state index contributed by atoms with van der Waals surface area (Å²) in [5.41, 5.74) is 1.36. The molecule has 5 heteroatoms. The molecule has 0 radical (unpaired) electrons. The summed E-state index contributed by atoms with van der Waals surface area (Å²) >= 11 is 0. The molecule has 0 aliphatic carbocycles. The van der Waals surface area contributed by atoms with Crippen molar-refractivity contribution in [1.29, 1.82) is 0 Å². The van der Waals surface area contributed by atoms with Gasteiger partial charge in [0.25, 0.3) is 5.69 Å². The fraction of sp³-hybridized carbons (Fsp3) is 0.600. The van der Waals surface area contributed by atoms with Crippen LogP contribution in [0.1, 0.15) is 19.4 Å². The molecule has 0 amide bonds. The van der Waals surface area contributed by atoms with Gasteiger partial charge in [0.15, 0.2) is 0 Å². The first kappa shape index (κ1) is 13.5. The van der Waals surface area contributed by atoms with E-state index in [9.17, 15) is 10.1 Å². The van der Waals surface area contributed by atoms with Crippen LogP contribution in [0.4, 0.5) is 5.69 Å². The Bertz CT molecular complexity index is 530. The summed E-state index contributed by atoms with van der Waals surface area (Å²) in [4.78, 5) is 13.0. The number of fused-ring (bicyclic) bond motifs is 1. The van der Waals surface area contributed by atoms with Crippen molar-refractivity contribution in [3.63, 3.8) is 0 Å². The monoisotopic (exact) mass is 275 g/mol. The Morgan fingerprint density at radius 2 is 2.25 bits per heavy atom. The van der Waals surface area contributed by atoms with Crippen molar-refractivity contribution in [1.82, 2.24) is 10.2 Å². The van der Waals surface area contributed by atoms with Crippen LogP contribution < -0.4 is 5.32 Å². The predicted octanol–water partition coefficient (Wildman–Crippen LogP) is 2.02. The second-order valence-electron chi connectivity index (χ2n) is 6.49. The Labute approximate surface area is 119 Å². The maximum atomic E-state index is 10.9. The molecule has 5 nitrogen and oxygen atoms in total. The Hall–Kier alpha value is -1.46. The quantitative estimate of drug-likeness (QED) is 0.677. The minimum atomic E-state index is -0.322. The van der Waals surface area contributed by atoms with Crippen LogP contribution in [-0.2, 0) is 6.54 Å². The molecule has 3 rings (SSSR count). The molecule has 0 spiro atoms. The topological polar surface area (TPSA) is 58.4 Å². The average molecular weight is 275 g/mol. The highest BCUT2D eigenvalue weighted by Gasteiger charge is 2.49. The average Bonchev–Trinajstić information content (AvgIpc) is 2.94. The molecule has 1 aromatic carbocycles. The third-order valence-corrected chi connectivity index (χ3v) is 5.01. The van der Waals surface area contributed by atoms with E-state index >= 15 is 0 Å². The van der Waals surface area contributed by atoms with E-state index in [1.165, 1.54) is 0 Å². The van der Waals surface area contributed by atoms with Crippen LogP contribution in [0.5, 0.6) is 0 Å². The van der Waals surface area contributed by atoms with Crippen LogP contribution in [0, 0.1) is 22.0 Å². The van der Waals surface area contributed by atoms with Crippen LogP contribution in [0.15, 0.2) is 24.3 Å². The lowest BCUT2D eigenvalue weighted by atomic mass is 9.85. The number of benzene rings is 1. The van der Waals surface area contributed by atoms with E-state index < -0.39 is 0 Å². The second kappa shape index (κ2) is 4.82. The van der Waals surface area contributed by atoms with E-state index in [0.29, 0.717) is 11.8 Å². The van der Waals surface area contributed by atoms with Gasteiger partial charge >= 0.3 is 0 Å². The smallest absolute Gasteiger partial charge is 0.269 e. The fourth-order valence-corrected chi connectivity index (χ4v) is 3.76. The second-order valence-corrected chi connectivity index (χ2v) is 6.49. The number of nitro groups is 1. The maximum absolute atomic E-state index is 10.9. The van der Waals surface area contributed by atoms with Crippen molar-refractivity contribution in [2.45, 2.75) is 25.9 Å². The molecule has 2 atom stereocenters. The Kier molecular flexibility index (Phi) is 3.26. The SMILES string of the molecule is CC1(C)C2CNCC2CN1Cc1cccc([N+](=O)[O-])c1. The van der Waals surface area contributed by atoms with Gasteiger partial charge in [-0.05, 0) is 37.8 Å². The summed E-state index contributed by atoms with van der Waals surface area (Å²) in [5.74, 6) is 1.39. The summed E-state index contributed by atoms with van der Waals surface area (Å²) in [6, 6.07) is 7.01. The van der Waals surface area contributed by atoms with Crippen molar-refractivity contribution in [2.24, 2.45) is 11.8 Å². The number of hydrogen-bond donors (Lipinski definition) is 1. The lowest BCUT2D eigenvalue weighted by molar-refractivity contribution is -0.384. The van der Waals surface area contributed by atoms with Gasteiger partial charge < -0.3 is 5.32 Å². The predicted molar refractivity (Wildman–Crippen MR) is 77.4 cm³/mol. The maximum Gasteiger partial charge on any atom is 0.269 e. The van der Waals surface area contributed by atoms with Gasteiger partial charge in [-0.3, -0.25) is 15.0 Å². The molecule has 108 valence electrons. The van der Waals surface area contributed by atoms with Gasteiger partial charge in [0.1, 0.15) is 0 Å². The Morgan fingerprint density at radius 1 is 1.45 bits per heavy atom. The summed E-state index contributed by atoms with van der Waals surface area (Å²) in [7, 11) is 0. The molecule has 2 aliphatic heterocycles. The molecular weight excluding hydrogens is 254 g/mol. The van der Waals surface area contributed by atoms with Gasteiger partial charge in [0, 0.05) is 37.3 Å². The third kappa shape index (κ3) is 2.21. The number of rotatable bonds is 3. The molecule has 2 fully saturated rings. The van der Waals surface area contributed by atoms with Gasteiger partial charge in [-0.25, -0.2) is 0 Å². The zero-order chi connectivity index (χ0) is 14.3. The molecule has 0 aromatic heterocycles. The lowest BCUT2D eigenvalue weighted by Gasteiger charge is -2.35. The summed E-state index contributed by atoms with van der Waals surface area (Å²) in [5, 5.41) is 14.3. The lowest BCUT2D eigenvalue weighted by Crippen LogP contribution is -2.43. The molecular formula is C15H21N3O2. The number of nitrogens with zero attached hydrogens (tertiary/aromatic N) is 2. The Balaban J connectivity index is 1.78. The summed E-state index contributed by atoms with van der Waals surface area (Å²) in [6.07, 6.45) is 0. The molecule has 20 heavy (non-hydrogen) atoms. The van der Waals surface area contributed by atoms with Gasteiger partial charge in [-0.1, -0.05) is 12.1 Å². The molecule has 2 heterocycles. The van der Waals surface area contributed by atoms with Crippen LogP contribution in [-0.4, -0.2) is 35.0 Å². The van der Waals surface area contributed by atoms with Crippen LogP contribution >= 0.6 is 0 Å². The zero-order valence-electron chi connectivity index (χ0n) is 12.0. The number of non-ortho nitro benzene ring substituents is 1. The van der Waals surface area contributed by atoms with Gasteiger partial charge in [-0.15, -0.1) is 0 Å². The number of nitrogens with one attached hydrogen (secondary N) is 1. The van der Waals surface area contributed by atoms with E-state index in [2.05, 4.69) is 24.1 Å². The van der Waals surface area contributed by atoms with E-state index in [-0.39, 0.29) is 16.1 Å². The van der Waals surface area contributed by atoms with Crippen molar-refractivity contribution in [3.8, 4) is 0 Å². The molecule has 2 aliphatic rings. The third-order valence-electron chi connectivity index (χ3n) is 5.01. The first-order valence-electron chi connectivity index (χ1n) is 7.17. The zero-order valence-corrected chi connectivity index (χ0v) is 12.0. The highest BCUT2D eigenvalue weighted by molar-refractivity contribution is 5.34. The number of nitro benzene ring substituents is 1. The molecule has 2 saturated heterocycles. The van der Waals surface area contributed by atoms with Crippen LogP contribution in [0.3, 0.4) is 0 Å². The minimum Gasteiger partial charge on any atom is -0.316 e. The first-order chi connectivity index (χ1) is 9.48. The summed E-state index contributed by atoms with van der Waals surface area (Å²) < 4.78 is 0.